The monoisotopic (exact) mass is 442 g/mol. The number of carbonyl (C=O) groups is 1. The summed E-state index contributed by atoms with van der Waals surface area (Å²) in [6.07, 6.45) is 4.14. The van der Waals surface area contributed by atoms with Crippen LogP contribution >= 0.6 is 0 Å². The van der Waals surface area contributed by atoms with E-state index in [1.165, 1.54) is 5.56 Å². The molecular weight excluding hydrogens is 412 g/mol. The summed E-state index contributed by atoms with van der Waals surface area (Å²) in [6.45, 7) is 5.01. The molecule has 0 radical (unpaired) electrons. The summed E-state index contributed by atoms with van der Waals surface area (Å²) < 4.78 is 12.2. The van der Waals surface area contributed by atoms with E-state index in [9.17, 15) is 4.79 Å². The number of rotatable bonds is 5. The third kappa shape index (κ3) is 5.67. The number of nitrogens with zero attached hydrogens (tertiary/aromatic N) is 1. The number of halogens is 1. The Labute approximate surface area is 191 Å². The molecule has 0 aliphatic carbocycles. The van der Waals surface area contributed by atoms with Gasteiger partial charge in [0.1, 0.15) is 18.9 Å². The highest BCUT2D eigenvalue weighted by Gasteiger charge is 2.30. The van der Waals surface area contributed by atoms with Crippen molar-refractivity contribution in [1.82, 2.24) is 0 Å². The summed E-state index contributed by atoms with van der Waals surface area (Å²) >= 11 is 0. The summed E-state index contributed by atoms with van der Waals surface area (Å²) in [5.41, 5.74) is 4.81. The highest BCUT2D eigenvalue weighted by molar-refractivity contribution is 6.07. The Morgan fingerprint density at radius 1 is 1.10 bits per heavy atom. The molecule has 1 amide bonds. The van der Waals surface area contributed by atoms with Crippen LogP contribution in [0.25, 0.3) is 6.08 Å². The summed E-state index contributed by atoms with van der Waals surface area (Å²) in [5.74, 6) is 0.708. The molecule has 6 heteroatoms. The van der Waals surface area contributed by atoms with Gasteiger partial charge in [-0.05, 0) is 37.3 Å². The summed E-state index contributed by atoms with van der Waals surface area (Å²) in [7, 11) is 4.58. The van der Waals surface area contributed by atoms with Crippen LogP contribution in [0.1, 0.15) is 29.5 Å². The first-order valence-corrected chi connectivity index (χ1v) is 10.7. The SMILES string of the molecule is Cc1ccc2c(c1)C=C(C(=O)Nc1ccc(C[N+](C)(C)C3CCOCC3)cc1)CO2.[Cl-]. The fourth-order valence-corrected chi connectivity index (χ4v) is 4.32. The molecule has 5 nitrogen and oxygen atoms in total. The summed E-state index contributed by atoms with van der Waals surface area (Å²) in [5, 5.41) is 3.00. The lowest BCUT2D eigenvalue weighted by atomic mass is 10.0. The smallest absolute Gasteiger partial charge is 0.255 e. The number of amides is 1. The van der Waals surface area contributed by atoms with Crippen molar-refractivity contribution in [3.05, 3.63) is 64.7 Å². The van der Waals surface area contributed by atoms with E-state index in [2.05, 4.69) is 31.5 Å². The van der Waals surface area contributed by atoms with Crippen molar-refractivity contribution < 1.29 is 31.2 Å². The molecule has 0 spiro atoms. The summed E-state index contributed by atoms with van der Waals surface area (Å²) in [6, 6.07) is 14.8. The van der Waals surface area contributed by atoms with Crippen molar-refractivity contribution in [2.75, 3.05) is 39.2 Å². The van der Waals surface area contributed by atoms with Gasteiger partial charge in [-0.1, -0.05) is 23.8 Å². The predicted octanol–water partition coefficient (Wildman–Crippen LogP) is 1.17. The Kier molecular flexibility index (Phi) is 7.42. The molecule has 4 rings (SSSR count). The predicted molar refractivity (Wildman–Crippen MR) is 119 cm³/mol. The number of hydrogen-bond acceptors (Lipinski definition) is 3. The standard InChI is InChI=1S/C25H30N2O3.ClH/c1-18-4-9-24-20(14-18)15-21(17-30-24)25(28)26-22-7-5-19(6-8-22)16-27(2,3)23-10-12-29-13-11-23;/h4-9,14-15,23H,10-13,16-17H2,1-3H3;1H. The normalized spacial score (nSPS) is 16.4. The van der Waals surface area contributed by atoms with Crippen molar-refractivity contribution in [2.45, 2.75) is 32.4 Å². The molecule has 1 saturated heterocycles. The van der Waals surface area contributed by atoms with Crippen LogP contribution in [0, 0.1) is 6.92 Å². The maximum absolute atomic E-state index is 12.7. The van der Waals surface area contributed by atoms with Gasteiger partial charge in [0, 0.05) is 29.7 Å². The van der Waals surface area contributed by atoms with Gasteiger partial charge in [0.25, 0.3) is 5.91 Å². The number of ether oxygens (including phenoxy) is 2. The van der Waals surface area contributed by atoms with Gasteiger partial charge in [-0.2, -0.15) is 0 Å². The van der Waals surface area contributed by atoms with Crippen molar-refractivity contribution in [1.29, 1.82) is 0 Å². The van der Waals surface area contributed by atoms with Crippen LogP contribution in [-0.4, -0.2) is 50.3 Å². The van der Waals surface area contributed by atoms with Crippen molar-refractivity contribution in [3.63, 3.8) is 0 Å². The number of benzene rings is 2. The topological polar surface area (TPSA) is 47.6 Å². The van der Waals surface area contributed by atoms with E-state index >= 15 is 0 Å². The molecular formula is C25H31ClN2O3. The lowest BCUT2D eigenvalue weighted by Gasteiger charge is -2.40. The molecule has 0 unspecified atom stereocenters. The lowest BCUT2D eigenvalue weighted by molar-refractivity contribution is -0.929. The van der Waals surface area contributed by atoms with E-state index < -0.39 is 0 Å². The minimum Gasteiger partial charge on any atom is -1.00 e. The van der Waals surface area contributed by atoms with E-state index in [4.69, 9.17) is 9.47 Å². The number of fused-ring (bicyclic) bond motifs is 1. The fourth-order valence-electron chi connectivity index (χ4n) is 4.32. The molecule has 2 aromatic carbocycles. The van der Waals surface area contributed by atoms with Gasteiger partial charge in [0.2, 0.25) is 0 Å². The molecule has 0 atom stereocenters. The maximum Gasteiger partial charge on any atom is 0.255 e. The maximum atomic E-state index is 12.7. The number of nitrogens with one attached hydrogen (secondary N) is 1. The molecule has 166 valence electrons. The molecule has 2 heterocycles. The van der Waals surface area contributed by atoms with E-state index in [-0.39, 0.29) is 24.9 Å². The minimum absolute atomic E-state index is 0. The second-order valence-corrected chi connectivity index (χ2v) is 8.93. The average Bonchev–Trinajstić information content (AvgIpc) is 2.75. The summed E-state index contributed by atoms with van der Waals surface area (Å²) in [4.78, 5) is 12.7. The Bertz CT molecular complexity index is 948. The first kappa shape index (κ1) is 23.3. The third-order valence-corrected chi connectivity index (χ3v) is 6.15. The quantitative estimate of drug-likeness (QED) is 0.707. The number of anilines is 1. The van der Waals surface area contributed by atoms with Crippen LogP contribution in [0.15, 0.2) is 48.0 Å². The van der Waals surface area contributed by atoms with Gasteiger partial charge in [-0.15, -0.1) is 0 Å². The molecule has 1 fully saturated rings. The molecule has 2 aliphatic rings. The van der Waals surface area contributed by atoms with Crippen LogP contribution in [0.4, 0.5) is 5.69 Å². The Morgan fingerprint density at radius 3 is 2.52 bits per heavy atom. The van der Waals surface area contributed by atoms with Gasteiger partial charge in [-0.3, -0.25) is 4.79 Å². The molecule has 1 N–H and O–H groups in total. The molecule has 0 bridgehead atoms. The van der Waals surface area contributed by atoms with Crippen LogP contribution < -0.4 is 22.5 Å². The minimum atomic E-state index is -0.117. The van der Waals surface area contributed by atoms with Crippen LogP contribution in [0.5, 0.6) is 5.75 Å². The van der Waals surface area contributed by atoms with Crippen molar-refractivity contribution in [3.8, 4) is 5.75 Å². The van der Waals surface area contributed by atoms with E-state index in [0.29, 0.717) is 11.6 Å². The van der Waals surface area contributed by atoms with Crippen molar-refractivity contribution in [2.24, 2.45) is 0 Å². The molecule has 0 saturated carbocycles. The average molecular weight is 443 g/mol. The van der Waals surface area contributed by atoms with Crippen molar-refractivity contribution >= 4 is 17.7 Å². The third-order valence-electron chi connectivity index (χ3n) is 6.15. The highest BCUT2D eigenvalue weighted by atomic mass is 35.5. The van der Waals surface area contributed by atoms with Gasteiger partial charge in [0.05, 0.1) is 38.9 Å². The van der Waals surface area contributed by atoms with E-state index in [1.807, 2.05) is 43.3 Å². The number of aryl methyl sites for hydroxylation is 1. The zero-order chi connectivity index (χ0) is 21.1. The van der Waals surface area contributed by atoms with Gasteiger partial charge >= 0.3 is 0 Å². The molecule has 0 aromatic heterocycles. The largest absolute Gasteiger partial charge is 1.00 e. The van der Waals surface area contributed by atoms with Crippen LogP contribution in [0.2, 0.25) is 0 Å². The lowest BCUT2D eigenvalue weighted by Crippen LogP contribution is -3.00. The van der Waals surface area contributed by atoms with Crippen LogP contribution in [-0.2, 0) is 16.1 Å². The molecule has 2 aromatic rings. The molecule has 31 heavy (non-hydrogen) atoms. The second kappa shape index (κ2) is 9.86. The Balaban J connectivity index is 0.00000272. The first-order valence-electron chi connectivity index (χ1n) is 10.7. The van der Waals surface area contributed by atoms with E-state index in [1.54, 1.807) is 0 Å². The number of hydrogen-bond donors (Lipinski definition) is 1. The zero-order valence-electron chi connectivity index (χ0n) is 18.5. The fraction of sp³-hybridized carbons (Fsp3) is 0.400. The Morgan fingerprint density at radius 2 is 1.81 bits per heavy atom. The second-order valence-electron chi connectivity index (χ2n) is 8.93. The number of quaternary nitrogens is 1. The highest BCUT2D eigenvalue weighted by Crippen LogP contribution is 2.28. The Hall–Kier alpha value is -2.34. The van der Waals surface area contributed by atoms with Gasteiger partial charge in [-0.25, -0.2) is 0 Å². The number of carbonyl (C=O) groups excluding carboxylic acids is 1. The zero-order valence-corrected chi connectivity index (χ0v) is 19.2. The first-order chi connectivity index (χ1) is 14.4. The van der Waals surface area contributed by atoms with Gasteiger partial charge in [0.15, 0.2) is 0 Å². The van der Waals surface area contributed by atoms with E-state index in [0.717, 1.165) is 59.6 Å². The molecule has 2 aliphatic heterocycles. The van der Waals surface area contributed by atoms with Crippen LogP contribution in [0.3, 0.4) is 0 Å². The van der Waals surface area contributed by atoms with Gasteiger partial charge < -0.3 is 31.7 Å².